The predicted octanol–water partition coefficient (Wildman–Crippen LogP) is 2.93. The van der Waals surface area contributed by atoms with Crippen molar-refractivity contribution >= 4 is 0 Å². The van der Waals surface area contributed by atoms with E-state index in [9.17, 15) is 5.11 Å². The molecule has 4 nitrogen and oxygen atoms in total. The number of rotatable bonds is 7. The summed E-state index contributed by atoms with van der Waals surface area (Å²) >= 11 is 0. The smallest absolute Gasteiger partial charge is 0.160 e. The van der Waals surface area contributed by atoms with Gasteiger partial charge in [-0.05, 0) is 24.1 Å². The Hall–Kier alpha value is -1.26. The Kier molecular flexibility index (Phi) is 6.33. The first-order chi connectivity index (χ1) is 10.3. The average molecular weight is 292 g/mol. The molecule has 2 N–H and O–H groups in total. The van der Waals surface area contributed by atoms with Gasteiger partial charge in [-0.2, -0.15) is 0 Å². The molecular weight excluding hydrogens is 264 g/mol. The van der Waals surface area contributed by atoms with Gasteiger partial charge in [0, 0.05) is 32.2 Å². The molecule has 1 saturated heterocycles. The lowest BCUT2D eigenvalue weighted by molar-refractivity contribution is 0.162. The Morgan fingerprint density at radius 1 is 1.29 bits per heavy atom. The highest BCUT2D eigenvalue weighted by Gasteiger charge is 2.22. The Labute approximate surface area is 128 Å². The van der Waals surface area contributed by atoms with Crippen LogP contribution >= 0.6 is 0 Å². The highest BCUT2D eigenvalue weighted by atomic mass is 16.5. The zero-order chi connectivity index (χ0) is 15.1. The second kappa shape index (κ2) is 8.25. The molecule has 118 valence electrons. The molecule has 4 heteroatoms. The molecule has 1 heterocycles. The first kappa shape index (κ1) is 16.1. The predicted molar refractivity (Wildman–Crippen MR) is 86.0 cm³/mol. The number of benzene rings is 1. The summed E-state index contributed by atoms with van der Waals surface area (Å²) in [5.41, 5.74) is 1.20. The van der Waals surface area contributed by atoms with Crippen molar-refractivity contribution in [2.24, 2.45) is 0 Å². The van der Waals surface area contributed by atoms with E-state index < -0.39 is 0 Å². The Balaban J connectivity index is 2.14. The van der Waals surface area contributed by atoms with E-state index in [0.717, 1.165) is 32.6 Å². The van der Waals surface area contributed by atoms with Gasteiger partial charge in [-0.1, -0.05) is 32.3 Å². The lowest BCUT2D eigenvalue weighted by atomic mass is 9.97. The molecule has 1 atom stereocenters. The minimum absolute atomic E-state index is 0.241. The van der Waals surface area contributed by atoms with Gasteiger partial charge >= 0.3 is 0 Å². The van der Waals surface area contributed by atoms with Crippen molar-refractivity contribution in [3.8, 4) is 11.5 Å². The van der Waals surface area contributed by atoms with Crippen LogP contribution in [0.3, 0.4) is 0 Å². The molecular formula is C17H28N2O2. The van der Waals surface area contributed by atoms with Crippen LogP contribution in [0.2, 0.25) is 0 Å². The van der Waals surface area contributed by atoms with Gasteiger partial charge in [0.2, 0.25) is 0 Å². The summed E-state index contributed by atoms with van der Waals surface area (Å²) in [4.78, 5) is 2.54. The lowest BCUT2D eigenvalue weighted by Gasteiger charge is -2.35. The minimum atomic E-state index is 0.241. The van der Waals surface area contributed by atoms with E-state index in [1.165, 1.54) is 24.8 Å². The fourth-order valence-corrected chi connectivity index (χ4v) is 3.06. The first-order valence-corrected chi connectivity index (χ1v) is 8.08. The molecule has 21 heavy (non-hydrogen) atoms. The summed E-state index contributed by atoms with van der Waals surface area (Å²) in [7, 11) is 1.59. The maximum absolute atomic E-state index is 10.1. The molecule has 0 saturated carbocycles. The Morgan fingerprint density at radius 2 is 2.05 bits per heavy atom. The number of nitrogens with zero attached hydrogens (tertiary/aromatic N) is 1. The Bertz CT molecular complexity index is 431. The van der Waals surface area contributed by atoms with Gasteiger partial charge in [0.25, 0.3) is 0 Å². The summed E-state index contributed by atoms with van der Waals surface area (Å²) in [6.45, 7) is 6.48. The molecule has 1 aliphatic heterocycles. The zero-order valence-corrected chi connectivity index (χ0v) is 13.3. The van der Waals surface area contributed by atoms with Crippen LogP contribution in [0.4, 0.5) is 0 Å². The Morgan fingerprint density at radius 3 is 2.67 bits per heavy atom. The van der Waals surface area contributed by atoms with Crippen molar-refractivity contribution in [3.05, 3.63) is 23.8 Å². The van der Waals surface area contributed by atoms with Crippen LogP contribution in [-0.2, 0) is 0 Å². The average Bonchev–Trinajstić information content (AvgIpc) is 2.52. The number of hydrogen-bond acceptors (Lipinski definition) is 4. The van der Waals surface area contributed by atoms with Crippen LogP contribution in [0.15, 0.2) is 18.2 Å². The quantitative estimate of drug-likeness (QED) is 0.759. The summed E-state index contributed by atoms with van der Waals surface area (Å²) < 4.78 is 5.15. The van der Waals surface area contributed by atoms with Crippen LogP contribution in [0.25, 0.3) is 0 Å². The molecule has 2 rings (SSSR count). The molecule has 0 aromatic heterocycles. The molecule has 0 bridgehead atoms. The molecule has 1 aliphatic rings. The van der Waals surface area contributed by atoms with Crippen LogP contribution in [0.5, 0.6) is 11.5 Å². The molecule has 0 spiro atoms. The number of piperazine rings is 1. The van der Waals surface area contributed by atoms with Crippen LogP contribution < -0.4 is 10.1 Å². The maximum atomic E-state index is 10.1. The monoisotopic (exact) mass is 292 g/mol. The number of phenolic OH excluding ortho intramolecular Hbond substituents is 1. The summed E-state index contributed by atoms with van der Waals surface area (Å²) in [5.74, 6) is 0.789. The van der Waals surface area contributed by atoms with Crippen molar-refractivity contribution in [1.82, 2.24) is 10.2 Å². The SMILES string of the molecule is CCCCC[C@H](c1ccc(OC)c(O)c1)N1CCNCC1. The number of phenols is 1. The molecule has 1 aromatic rings. The van der Waals surface area contributed by atoms with E-state index in [1.807, 2.05) is 12.1 Å². The highest BCUT2D eigenvalue weighted by Crippen LogP contribution is 2.33. The van der Waals surface area contributed by atoms with Gasteiger partial charge < -0.3 is 15.2 Å². The van der Waals surface area contributed by atoms with Crippen LogP contribution in [-0.4, -0.2) is 43.3 Å². The maximum Gasteiger partial charge on any atom is 0.160 e. The number of nitrogens with one attached hydrogen (secondary N) is 1. The fourth-order valence-electron chi connectivity index (χ4n) is 3.06. The molecule has 0 radical (unpaired) electrons. The lowest BCUT2D eigenvalue weighted by Crippen LogP contribution is -2.45. The fraction of sp³-hybridized carbons (Fsp3) is 0.647. The standard InChI is InChI=1S/C17H28N2O2/c1-3-4-5-6-15(19-11-9-18-10-12-19)14-7-8-17(21-2)16(20)13-14/h7-8,13,15,18,20H,3-6,9-12H2,1-2H3/t15-/m1/s1. The largest absolute Gasteiger partial charge is 0.504 e. The number of hydrogen-bond donors (Lipinski definition) is 2. The third kappa shape index (κ3) is 4.35. The number of methoxy groups -OCH3 is 1. The van der Waals surface area contributed by atoms with E-state index in [4.69, 9.17) is 4.74 Å². The molecule has 0 aliphatic carbocycles. The van der Waals surface area contributed by atoms with E-state index in [0.29, 0.717) is 11.8 Å². The highest BCUT2D eigenvalue weighted by molar-refractivity contribution is 5.42. The molecule has 1 fully saturated rings. The topological polar surface area (TPSA) is 44.7 Å². The zero-order valence-electron chi connectivity index (χ0n) is 13.3. The second-order valence-corrected chi connectivity index (χ2v) is 5.73. The van der Waals surface area contributed by atoms with Gasteiger partial charge in [0.05, 0.1) is 7.11 Å². The van der Waals surface area contributed by atoms with Crippen LogP contribution in [0, 0.1) is 0 Å². The summed E-state index contributed by atoms with van der Waals surface area (Å²) in [6.07, 6.45) is 4.89. The van der Waals surface area contributed by atoms with Gasteiger partial charge in [0.1, 0.15) is 0 Å². The normalized spacial score (nSPS) is 17.6. The third-order valence-electron chi connectivity index (χ3n) is 4.26. The molecule has 1 aromatic carbocycles. The number of unbranched alkanes of at least 4 members (excludes halogenated alkanes) is 2. The minimum Gasteiger partial charge on any atom is -0.504 e. The van der Waals surface area contributed by atoms with Gasteiger partial charge in [0.15, 0.2) is 11.5 Å². The number of ether oxygens (including phenoxy) is 1. The van der Waals surface area contributed by atoms with Gasteiger partial charge in [-0.3, -0.25) is 4.90 Å². The molecule has 0 amide bonds. The van der Waals surface area contributed by atoms with Crippen LogP contribution in [0.1, 0.15) is 44.2 Å². The van der Waals surface area contributed by atoms with Gasteiger partial charge in [-0.15, -0.1) is 0 Å². The van der Waals surface area contributed by atoms with Gasteiger partial charge in [-0.25, -0.2) is 0 Å². The van der Waals surface area contributed by atoms with E-state index >= 15 is 0 Å². The van der Waals surface area contributed by atoms with Crippen molar-refractivity contribution in [3.63, 3.8) is 0 Å². The second-order valence-electron chi connectivity index (χ2n) is 5.73. The molecule has 0 unspecified atom stereocenters. The summed E-state index contributed by atoms with van der Waals surface area (Å²) in [5, 5.41) is 13.5. The van der Waals surface area contributed by atoms with E-state index in [-0.39, 0.29) is 5.75 Å². The van der Waals surface area contributed by atoms with Crippen molar-refractivity contribution in [1.29, 1.82) is 0 Å². The number of aromatic hydroxyl groups is 1. The van der Waals surface area contributed by atoms with E-state index in [2.05, 4.69) is 23.2 Å². The van der Waals surface area contributed by atoms with E-state index in [1.54, 1.807) is 7.11 Å². The van der Waals surface area contributed by atoms with Crippen molar-refractivity contribution < 1.29 is 9.84 Å². The van der Waals surface area contributed by atoms with Crippen molar-refractivity contribution in [2.75, 3.05) is 33.3 Å². The van der Waals surface area contributed by atoms with Crippen molar-refractivity contribution in [2.45, 2.75) is 38.6 Å². The third-order valence-corrected chi connectivity index (χ3v) is 4.26. The summed E-state index contributed by atoms with van der Waals surface area (Å²) in [6, 6.07) is 6.24. The first-order valence-electron chi connectivity index (χ1n) is 8.08.